The third-order valence-corrected chi connectivity index (χ3v) is 9.39. The minimum atomic E-state index is -0.965. The smallest absolute Gasteiger partial charge is 0.332 e. The lowest BCUT2D eigenvalue weighted by atomic mass is 9.94. The van der Waals surface area contributed by atoms with Crippen LogP contribution >= 0.6 is 11.3 Å². The van der Waals surface area contributed by atoms with E-state index in [1.807, 2.05) is 0 Å². The Hall–Kier alpha value is -3.81. The Labute approximate surface area is 243 Å². The third kappa shape index (κ3) is 5.05. The summed E-state index contributed by atoms with van der Waals surface area (Å²) in [7, 11) is 1.47. The van der Waals surface area contributed by atoms with Gasteiger partial charge in [-0.05, 0) is 62.8 Å². The van der Waals surface area contributed by atoms with E-state index in [4.69, 9.17) is 13.9 Å². The highest BCUT2D eigenvalue weighted by atomic mass is 32.1. The number of hydrogen-bond donors (Lipinski definition) is 2. The van der Waals surface area contributed by atoms with Gasteiger partial charge >= 0.3 is 5.69 Å². The van der Waals surface area contributed by atoms with E-state index >= 15 is 0 Å². The van der Waals surface area contributed by atoms with Gasteiger partial charge in [-0.15, -0.1) is 11.3 Å². The van der Waals surface area contributed by atoms with Gasteiger partial charge in [0.2, 0.25) is 11.8 Å². The number of hydrogen-bond acceptors (Lipinski definition) is 9. The van der Waals surface area contributed by atoms with E-state index in [1.54, 1.807) is 6.92 Å². The molecule has 11 nitrogen and oxygen atoms in total. The topological polar surface area (TPSA) is 138 Å². The standard InChI is InChI=1S/C29H31FN4O7S/c1-15-23-27(37)34(20-9-10-31-25(20)36)29(38)33(28(23)42-24(15)26-32-11-12-40-26)14-22(41-18-6-4-17(35)5-7-18)19-13-16(30)3-8-21(19)39-2/h3,8,11-13,17-18,20,22,35H,4-7,9-10,14H2,1-2H3,(H,31,36)/t17?,18?,20-,22-/m0/s1. The molecule has 6 rings (SSSR count). The van der Waals surface area contributed by atoms with E-state index in [-0.39, 0.29) is 24.5 Å². The maximum absolute atomic E-state index is 14.6. The molecule has 0 spiro atoms. The van der Waals surface area contributed by atoms with E-state index in [2.05, 4.69) is 10.3 Å². The number of aromatic nitrogens is 3. The van der Waals surface area contributed by atoms with Crippen molar-refractivity contribution in [3.63, 3.8) is 0 Å². The lowest BCUT2D eigenvalue weighted by Gasteiger charge is -2.31. The van der Waals surface area contributed by atoms with Gasteiger partial charge in [0, 0.05) is 12.1 Å². The Bertz CT molecular complexity index is 1740. The quantitative estimate of drug-likeness (QED) is 0.315. The molecule has 0 unspecified atom stereocenters. The van der Waals surface area contributed by atoms with Crippen molar-refractivity contribution in [1.82, 2.24) is 19.4 Å². The van der Waals surface area contributed by atoms with Gasteiger partial charge in [-0.25, -0.2) is 18.7 Å². The fourth-order valence-electron chi connectivity index (χ4n) is 5.92. The first-order valence-electron chi connectivity index (χ1n) is 13.9. The number of rotatable bonds is 8. The van der Waals surface area contributed by atoms with E-state index in [1.165, 1.54) is 53.7 Å². The van der Waals surface area contributed by atoms with Gasteiger partial charge in [0.05, 0.1) is 42.3 Å². The molecule has 1 saturated carbocycles. The van der Waals surface area contributed by atoms with Crippen molar-refractivity contribution in [1.29, 1.82) is 0 Å². The number of halogens is 1. The summed E-state index contributed by atoms with van der Waals surface area (Å²) in [6.45, 7) is 2.01. The number of aryl methyl sites for hydroxylation is 1. The van der Waals surface area contributed by atoms with E-state index in [0.717, 1.165) is 4.57 Å². The number of benzene rings is 1. The number of amides is 1. The summed E-state index contributed by atoms with van der Waals surface area (Å²) >= 11 is 1.18. The van der Waals surface area contributed by atoms with E-state index in [0.29, 0.717) is 64.7 Å². The highest BCUT2D eigenvalue weighted by molar-refractivity contribution is 7.22. The molecule has 2 aliphatic rings. The Morgan fingerprint density at radius 1 is 1.21 bits per heavy atom. The number of aliphatic hydroxyl groups excluding tert-OH is 1. The molecule has 3 aromatic heterocycles. The zero-order chi connectivity index (χ0) is 29.5. The number of oxazole rings is 1. The molecule has 0 radical (unpaired) electrons. The van der Waals surface area contributed by atoms with Crippen LogP contribution in [0.2, 0.25) is 0 Å². The Kier molecular flexibility index (Phi) is 7.73. The fourth-order valence-corrected chi connectivity index (χ4v) is 7.16. The summed E-state index contributed by atoms with van der Waals surface area (Å²) in [4.78, 5) is 46.0. The summed E-state index contributed by atoms with van der Waals surface area (Å²) in [5.41, 5.74) is -0.258. The number of aliphatic hydroxyl groups is 1. The van der Waals surface area contributed by atoms with E-state index < -0.39 is 41.2 Å². The molecule has 1 saturated heterocycles. The van der Waals surface area contributed by atoms with Crippen molar-refractivity contribution in [3.05, 3.63) is 68.4 Å². The minimum absolute atomic E-state index is 0.0895. The van der Waals surface area contributed by atoms with Crippen LogP contribution in [0.3, 0.4) is 0 Å². The summed E-state index contributed by atoms with van der Waals surface area (Å²) in [5, 5.41) is 13.0. The van der Waals surface area contributed by atoms with Crippen LogP contribution in [0.15, 0.2) is 44.7 Å². The largest absolute Gasteiger partial charge is 0.496 e. The van der Waals surface area contributed by atoms with Gasteiger partial charge in [-0.1, -0.05) is 0 Å². The highest BCUT2D eigenvalue weighted by Gasteiger charge is 2.34. The van der Waals surface area contributed by atoms with Crippen molar-refractivity contribution >= 4 is 27.5 Å². The molecule has 1 amide bonds. The van der Waals surface area contributed by atoms with Gasteiger partial charge in [0.25, 0.3) is 5.56 Å². The average molecular weight is 599 g/mol. The Balaban J connectivity index is 1.55. The predicted molar refractivity (Wildman–Crippen MR) is 152 cm³/mol. The second-order valence-electron chi connectivity index (χ2n) is 10.7. The molecule has 13 heteroatoms. The van der Waals surface area contributed by atoms with Gasteiger partial charge in [-0.3, -0.25) is 14.2 Å². The van der Waals surface area contributed by atoms with Crippen LogP contribution in [0.25, 0.3) is 21.0 Å². The maximum atomic E-state index is 14.6. The molecule has 222 valence electrons. The molecule has 42 heavy (non-hydrogen) atoms. The van der Waals surface area contributed by atoms with Gasteiger partial charge < -0.3 is 24.3 Å². The monoisotopic (exact) mass is 598 g/mol. The van der Waals surface area contributed by atoms with Gasteiger partial charge in [0.15, 0.2) is 0 Å². The van der Waals surface area contributed by atoms with Crippen LogP contribution in [0.4, 0.5) is 4.39 Å². The molecule has 1 aromatic carbocycles. The molecule has 2 fully saturated rings. The number of thiophene rings is 1. The molecule has 2 atom stereocenters. The van der Waals surface area contributed by atoms with Gasteiger partial charge in [0.1, 0.15) is 34.8 Å². The lowest BCUT2D eigenvalue weighted by molar-refractivity contribution is -0.122. The highest BCUT2D eigenvalue weighted by Crippen LogP contribution is 2.38. The average Bonchev–Trinajstić information content (AvgIpc) is 3.73. The number of nitrogens with zero attached hydrogens (tertiary/aromatic N) is 3. The summed E-state index contributed by atoms with van der Waals surface area (Å²) in [6.07, 6.45) is 4.01. The molecule has 1 aliphatic carbocycles. The molecule has 4 heterocycles. The van der Waals surface area contributed by atoms with Crippen LogP contribution in [0.1, 0.15) is 55.4 Å². The van der Waals surface area contributed by atoms with Crippen molar-refractivity contribution in [3.8, 4) is 16.5 Å². The first-order chi connectivity index (χ1) is 20.3. The van der Waals surface area contributed by atoms with Crippen LogP contribution in [-0.2, 0) is 16.1 Å². The molecule has 2 N–H and O–H groups in total. The van der Waals surface area contributed by atoms with E-state index in [9.17, 15) is 23.9 Å². The van der Waals surface area contributed by atoms with Crippen molar-refractivity contribution in [2.45, 2.75) is 69.9 Å². The fraction of sp³-hybridized carbons (Fsp3) is 0.448. The Morgan fingerprint density at radius 3 is 2.67 bits per heavy atom. The van der Waals surface area contributed by atoms with Crippen molar-refractivity contribution in [2.75, 3.05) is 13.7 Å². The lowest BCUT2D eigenvalue weighted by Crippen LogP contribution is -2.44. The van der Waals surface area contributed by atoms with Crippen LogP contribution in [-0.4, -0.2) is 51.0 Å². The normalized spacial score (nSPS) is 21.5. The number of nitrogens with one attached hydrogen (secondary N) is 1. The Morgan fingerprint density at radius 2 is 2.00 bits per heavy atom. The molecule has 1 aliphatic heterocycles. The van der Waals surface area contributed by atoms with Gasteiger partial charge in [-0.2, -0.15) is 0 Å². The number of ether oxygens (including phenoxy) is 2. The second kappa shape index (κ2) is 11.5. The summed E-state index contributed by atoms with van der Waals surface area (Å²) in [5.74, 6) is -0.214. The van der Waals surface area contributed by atoms with Crippen LogP contribution in [0.5, 0.6) is 5.75 Å². The molecular weight excluding hydrogens is 567 g/mol. The first-order valence-corrected chi connectivity index (χ1v) is 14.7. The van der Waals surface area contributed by atoms with Crippen LogP contribution < -0.4 is 21.3 Å². The molecule has 4 aromatic rings. The SMILES string of the molecule is COc1ccc(F)cc1[C@H](Cn1c(=O)n([C@H]2CCNC2=O)c(=O)c2c(C)c(-c3ncco3)sc21)OC1CCC(O)CC1. The number of carbonyl (C=O) groups is 1. The molecular formula is C29H31FN4O7S. The first kappa shape index (κ1) is 28.3. The summed E-state index contributed by atoms with van der Waals surface area (Å²) in [6, 6.07) is 3.14. The zero-order valence-electron chi connectivity index (χ0n) is 23.2. The third-order valence-electron chi connectivity index (χ3n) is 8.09. The number of carbonyl (C=O) groups excluding carboxylic acids is 1. The number of fused-ring (bicyclic) bond motifs is 1. The number of methoxy groups -OCH3 is 1. The second-order valence-corrected chi connectivity index (χ2v) is 11.7. The van der Waals surface area contributed by atoms with Crippen LogP contribution in [0, 0.1) is 12.7 Å². The zero-order valence-corrected chi connectivity index (χ0v) is 24.0. The maximum Gasteiger partial charge on any atom is 0.332 e. The van der Waals surface area contributed by atoms with Crippen molar-refractivity contribution < 1.29 is 28.2 Å². The minimum Gasteiger partial charge on any atom is -0.496 e. The summed E-state index contributed by atoms with van der Waals surface area (Å²) < 4.78 is 34.7. The molecule has 0 bridgehead atoms. The predicted octanol–water partition coefficient (Wildman–Crippen LogP) is 3.46. The van der Waals surface area contributed by atoms with Crippen molar-refractivity contribution in [2.24, 2.45) is 0 Å².